The summed E-state index contributed by atoms with van der Waals surface area (Å²) in [6, 6.07) is -0.0389. The summed E-state index contributed by atoms with van der Waals surface area (Å²) in [6.07, 6.45) is 0. The second kappa shape index (κ2) is 5.11. The minimum absolute atomic E-state index is 0.0394. The number of urea groups is 1. The quantitative estimate of drug-likeness (QED) is 0.832. The summed E-state index contributed by atoms with van der Waals surface area (Å²) in [5, 5.41) is 8.53. The van der Waals surface area contributed by atoms with E-state index < -0.39 is 0 Å². The van der Waals surface area contributed by atoms with Crippen molar-refractivity contribution >= 4 is 17.4 Å². The highest BCUT2D eigenvalue weighted by molar-refractivity contribution is 7.09. The van der Waals surface area contributed by atoms with Crippen LogP contribution in [0.25, 0.3) is 0 Å². The molecule has 1 heterocycles. The largest absolute Gasteiger partial charge is 0.336 e. The van der Waals surface area contributed by atoms with Crippen molar-refractivity contribution in [2.75, 3.05) is 0 Å². The van der Waals surface area contributed by atoms with E-state index in [1.807, 2.05) is 33.1 Å². The molecule has 0 aliphatic rings. The topological polar surface area (TPSA) is 54.0 Å². The first-order valence-corrected chi connectivity index (χ1v) is 5.86. The zero-order chi connectivity index (χ0) is 11.4. The monoisotopic (exact) mass is 227 g/mol. The molecule has 0 aliphatic heterocycles. The van der Waals surface area contributed by atoms with Crippen molar-refractivity contribution in [3.63, 3.8) is 0 Å². The molecule has 1 aromatic heterocycles. The summed E-state index contributed by atoms with van der Waals surface area (Å²) in [4.78, 5) is 15.7. The van der Waals surface area contributed by atoms with Gasteiger partial charge in [0.1, 0.15) is 5.01 Å². The molecule has 2 N–H and O–H groups in total. The van der Waals surface area contributed by atoms with Gasteiger partial charge in [-0.05, 0) is 27.7 Å². The lowest BCUT2D eigenvalue weighted by molar-refractivity contribution is 0.235. The first-order valence-electron chi connectivity index (χ1n) is 4.98. The molecule has 0 bridgehead atoms. The number of hydrogen-bond acceptors (Lipinski definition) is 3. The molecule has 0 saturated heterocycles. The minimum Gasteiger partial charge on any atom is -0.336 e. The molecular formula is C10H17N3OS. The SMILES string of the molecule is Cc1csc(C(C)NC(=O)NC(C)C)n1. The molecule has 0 saturated carbocycles. The number of aryl methyl sites for hydroxylation is 1. The lowest BCUT2D eigenvalue weighted by atomic mass is 10.3. The van der Waals surface area contributed by atoms with Gasteiger partial charge >= 0.3 is 6.03 Å². The van der Waals surface area contributed by atoms with Gasteiger partial charge in [0.25, 0.3) is 0 Å². The van der Waals surface area contributed by atoms with Gasteiger partial charge < -0.3 is 10.6 Å². The smallest absolute Gasteiger partial charge is 0.315 e. The molecule has 0 spiro atoms. The van der Waals surface area contributed by atoms with Crippen LogP contribution in [0.4, 0.5) is 4.79 Å². The van der Waals surface area contributed by atoms with Crippen LogP contribution < -0.4 is 10.6 Å². The molecule has 15 heavy (non-hydrogen) atoms. The van der Waals surface area contributed by atoms with Crippen LogP contribution in [0.1, 0.15) is 37.5 Å². The molecule has 1 atom stereocenters. The molecule has 2 amide bonds. The second-order valence-corrected chi connectivity index (χ2v) is 4.71. The normalized spacial score (nSPS) is 12.6. The van der Waals surface area contributed by atoms with Crippen LogP contribution >= 0.6 is 11.3 Å². The van der Waals surface area contributed by atoms with Crippen molar-refractivity contribution < 1.29 is 4.79 Å². The van der Waals surface area contributed by atoms with Gasteiger partial charge in [-0.1, -0.05) is 0 Å². The van der Waals surface area contributed by atoms with Gasteiger partial charge in [0.15, 0.2) is 0 Å². The average molecular weight is 227 g/mol. The Hall–Kier alpha value is -1.10. The van der Waals surface area contributed by atoms with Crippen LogP contribution in [-0.2, 0) is 0 Å². The summed E-state index contributed by atoms with van der Waals surface area (Å²) < 4.78 is 0. The second-order valence-electron chi connectivity index (χ2n) is 3.82. The van der Waals surface area contributed by atoms with Crippen LogP contribution in [0.2, 0.25) is 0 Å². The van der Waals surface area contributed by atoms with E-state index in [1.165, 1.54) is 0 Å². The highest BCUT2D eigenvalue weighted by Crippen LogP contribution is 2.16. The maximum atomic E-state index is 11.4. The van der Waals surface area contributed by atoms with Gasteiger partial charge in [-0.15, -0.1) is 11.3 Å². The molecule has 1 rings (SSSR count). The van der Waals surface area contributed by atoms with Crippen molar-refractivity contribution in [2.45, 2.75) is 39.8 Å². The Bertz CT molecular complexity index is 335. The standard InChI is InChI=1S/C10H17N3OS/c1-6(2)11-10(14)13-8(4)9-12-7(3)5-15-9/h5-6,8H,1-4H3,(H2,11,13,14). The van der Waals surface area contributed by atoms with Gasteiger partial charge in [0.2, 0.25) is 0 Å². The molecule has 84 valence electrons. The maximum absolute atomic E-state index is 11.4. The number of carbonyl (C=O) groups excluding carboxylic acids is 1. The summed E-state index contributed by atoms with van der Waals surface area (Å²) in [7, 11) is 0. The number of rotatable bonds is 3. The number of thiazole rings is 1. The number of carbonyl (C=O) groups is 1. The van der Waals surface area contributed by atoms with E-state index in [1.54, 1.807) is 11.3 Å². The van der Waals surface area contributed by atoms with E-state index in [-0.39, 0.29) is 18.1 Å². The van der Waals surface area contributed by atoms with Gasteiger partial charge in [0.05, 0.1) is 6.04 Å². The Morgan fingerprint density at radius 2 is 2.07 bits per heavy atom. The Morgan fingerprint density at radius 1 is 1.40 bits per heavy atom. The number of aromatic nitrogens is 1. The maximum Gasteiger partial charge on any atom is 0.315 e. The lowest BCUT2D eigenvalue weighted by Crippen LogP contribution is -2.40. The Morgan fingerprint density at radius 3 is 2.53 bits per heavy atom. The fraction of sp³-hybridized carbons (Fsp3) is 0.600. The molecule has 1 unspecified atom stereocenters. The molecule has 5 heteroatoms. The van der Waals surface area contributed by atoms with Gasteiger partial charge in [-0.2, -0.15) is 0 Å². The molecule has 0 aromatic carbocycles. The van der Waals surface area contributed by atoms with E-state index in [0.717, 1.165) is 10.7 Å². The Balaban J connectivity index is 2.48. The van der Waals surface area contributed by atoms with Crippen molar-refractivity contribution in [3.8, 4) is 0 Å². The third-order valence-corrected chi connectivity index (χ3v) is 2.92. The van der Waals surface area contributed by atoms with Crippen LogP contribution in [-0.4, -0.2) is 17.1 Å². The molecule has 0 aliphatic carbocycles. The Labute approximate surface area is 94.1 Å². The van der Waals surface area contributed by atoms with Crippen LogP contribution in [0.3, 0.4) is 0 Å². The molecular weight excluding hydrogens is 210 g/mol. The van der Waals surface area contributed by atoms with Crippen LogP contribution in [0.5, 0.6) is 0 Å². The number of nitrogens with zero attached hydrogens (tertiary/aromatic N) is 1. The third-order valence-electron chi connectivity index (χ3n) is 1.77. The van der Waals surface area contributed by atoms with Gasteiger partial charge in [0, 0.05) is 17.1 Å². The molecule has 0 radical (unpaired) electrons. The van der Waals surface area contributed by atoms with E-state index in [9.17, 15) is 4.79 Å². The highest BCUT2D eigenvalue weighted by atomic mass is 32.1. The van der Waals surface area contributed by atoms with E-state index in [2.05, 4.69) is 15.6 Å². The van der Waals surface area contributed by atoms with Crippen molar-refractivity contribution in [2.24, 2.45) is 0 Å². The number of nitrogens with one attached hydrogen (secondary N) is 2. The predicted molar refractivity (Wildman–Crippen MR) is 62.1 cm³/mol. The summed E-state index contributed by atoms with van der Waals surface area (Å²) in [5.41, 5.74) is 0.993. The minimum atomic E-state index is -0.148. The fourth-order valence-electron chi connectivity index (χ4n) is 1.13. The van der Waals surface area contributed by atoms with E-state index in [4.69, 9.17) is 0 Å². The van der Waals surface area contributed by atoms with Crippen molar-refractivity contribution in [3.05, 3.63) is 16.1 Å². The number of hydrogen-bond donors (Lipinski definition) is 2. The summed E-state index contributed by atoms with van der Waals surface area (Å²) in [6.45, 7) is 7.73. The first kappa shape index (κ1) is 12.0. The third kappa shape index (κ3) is 3.87. The van der Waals surface area contributed by atoms with E-state index in [0.29, 0.717) is 0 Å². The molecule has 1 aromatic rings. The van der Waals surface area contributed by atoms with E-state index >= 15 is 0 Å². The zero-order valence-electron chi connectivity index (χ0n) is 9.50. The average Bonchev–Trinajstić information content (AvgIpc) is 2.49. The fourth-order valence-corrected chi connectivity index (χ4v) is 1.94. The van der Waals surface area contributed by atoms with Gasteiger partial charge in [-0.3, -0.25) is 0 Å². The number of amides is 2. The van der Waals surface area contributed by atoms with Gasteiger partial charge in [-0.25, -0.2) is 9.78 Å². The zero-order valence-corrected chi connectivity index (χ0v) is 10.3. The molecule has 0 fully saturated rings. The van der Waals surface area contributed by atoms with Crippen LogP contribution in [0.15, 0.2) is 5.38 Å². The summed E-state index contributed by atoms with van der Waals surface area (Å²) >= 11 is 1.56. The lowest BCUT2D eigenvalue weighted by Gasteiger charge is -2.14. The van der Waals surface area contributed by atoms with Crippen LogP contribution in [0, 0.1) is 6.92 Å². The predicted octanol–water partition coefficient (Wildman–Crippen LogP) is 2.22. The highest BCUT2D eigenvalue weighted by Gasteiger charge is 2.12. The first-order chi connectivity index (χ1) is 6.99. The molecule has 4 nitrogen and oxygen atoms in total. The van der Waals surface area contributed by atoms with Crippen molar-refractivity contribution in [1.29, 1.82) is 0 Å². The Kier molecular flexibility index (Phi) is 4.08. The van der Waals surface area contributed by atoms with Crippen molar-refractivity contribution in [1.82, 2.24) is 15.6 Å². The summed E-state index contributed by atoms with van der Waals surface area (Å²) in [5.74, 6) is 0.